The van der Waals surface area contributed by atoms with Crippen molar-refractivity contribution in [1.82, 2.24) is 10.2 Å². The normalized spacial score (nSPS) is 16.5. The monoisotopic (exact) mass is 495 g/mol. The second-order valence-electron chi connectivity index (χ2n) is 9.47. The van der Waals surface area contributed by atoms with E-state index in [9.17, 15) is 9.59 Å². The minimum atomic E-state index is -0.281. The predicted octanol–water partition coefficient (Wildman–Crippen LogP) is 5.75. The van der Waals surface area contributed by atoms with Gasteiger partial charge in [-0.25, -0.2) is 4.79 Å². The minimum Gasteiger partial charge on any atom is -0.354 e. The minimum absolute atomic E-state index is 0.182. The smallest absolute Gasteiger partial charge is 0.319 e. The summed E-state index contributed by atoms with van der Waals surface area (Å²) >= 11 is 0. The Hall–Kier alpha value is -4.10. The molecule has 0 aromatic heterocycles. The molecular weight excluding hydrogens is 462 g/mol. The molecule has 4 N–H and O–H groups in total. The third kappa shape index (κ3) is 5.84. The summed E-state index contributed by atoms with van der Waals surface area (Å²) in [7, 11) is 0. The molecule has 0 spiro atoms. The predicted molar refractivity (Wildman–Crippen MR) is 150 cm³/mol. The summed E-state index contributed by atoms with van der Waals surface area (Å²) < 4.78 is 0. The lowest BCUT2D eigenvalue weighted by Gasteiger charge is -2.26. The van der Waals surface area contributed by atoms with Crippen molar-refractivity contribution in [2.75, 3.05) is 35.6 Å². The first kappa shape index (κ1) is 24.6. The second kappa shape index (κ2) is 11.3. The molecule has 0 unspecified atom stereocenters. The fraction of sp³-hybridized carbons (Fsp3) is 0.267. The van der Waals surface area contributed by atoms with Crippen LogP contribution in [0.25, 0.3) is 11.3 Å². The number of rotatable bonds is 7. The number of hydrogen-bond donors (Lipinski definition) is 4. The van der Waals surface area contributed by atoms with Crippen molar-refractivity contribution in [3.63, 3.8) is 0 Å². The molecule has 2 heterocycles. The van der Waals surface area contributed by atoms with E-state index in [0.717, 1.165) is 42.1 Å². The molecule has 7 heteroatoms. The maximum Gasteiger partial charge on any atom is 0.319 e. The van der Waals surface area contributed by atoms with Crippen LogP contribution in [0, 0.1) is 0 Å². The Kier molecular flexibility index (Phi) is 7.51. The summed E-state index contributed by atoms with van der Waals surface area (Å²) in [6, 6.07) is 23.5. The van der Waals surface area contributed by atoms with Gasteiger partial charge in [-0.2, -0.15) is 0 Å². The highest BCUT2D eigenvalue weighted by Gasteiger charge is 2.29. The molecule has 0 atom stereocenters. The van der Waals surface area contributed by atoms with Crippen LogP contribution in [-0.2, 0) is 11.3 Å². The van der Waals surface area contributed by atoms with E-state index in [-0.39, 0.29) is 11.9 Å². The SMILES string of the molecule is CCNC(=O)Nc1ccc2c(c1)C(=C(Nc1ccc(CN3CCCCC3)cc1)c1ccccc1)C(=O)N2. The molecule has 3 amide bonds. The van der Waals surface area contributed by atoms with Crippen LogP contribution in [-0.4, -0.2) is 36.5 Å². The zero-order valence-corrected chi connectivity index (χ0v) is 21.1. The topological polar surface area (TPSA) is 85.5 Å². The number of benzene rings is 3. The number of nitrogens with one attached hydrogen (secondary N) is 4. The van der Waals surface area contributed by atoms with Crippen LogP contribution in [0.2, 0.25) is 0 Å². The van der Waals surface area contributed by atoms with Crippen molar-refractivity contribution < 1.29 is 9.59 Å². The zero-order chi connectivity index (χ0) is 25.6. The maximum absolute atomic E-state index is 13.2. The van der Waals surface area contributed by atoms with Gasteiger partial charge in [-0.15, -0.1) is 0 Å². The number of carbonyl (C=O) groups excluding carboxylic acids is 2. The van der Waals surface area contributed by atoms with E-state index < -0.39 is 0 Å². The van der Waals surface area contributed by atoms with Gasteiger partial charge in [-0.05, 0) is 74.3 Å². The van der Waals surface area contributed by atoms with Crippen molar-refractivity contribution in [2.24, 2.45) is 0 Å². The van der Waals surface area contributed by atoms with Crippen LogP contribution in [0.5, 0.6) is 0 Å². The van der Waals surface area contributed by atoms with Crippen LogP contribution in [0.4, 0.5) is 21.9 Å². The molecule has 2 aliphatic rings. The maximum atomic E-state index is 13.2. The third-order valence-corrected chi connectivity index (χ3v) is 6.75. The molecule has 3 aromatic carbocycles. The first-order chi connectivity index (χ1) is 18.1. The zero-order valence-electron chi connectivity index (χ0n) is 21.1. The fourth-order valence-electron chi connectivity index (χ4n) is 4.93. The Morgan fingerprint density at radius 3 is 2.35 bits per heavy atom. The Morgan fingerprint density at radius 1 is 0.892 bits per heavy atom. The Labute approximate surface area is 218 Å². The van der Waals surface area contributed by atoms with E-state index in [1.54, 1.807) is 6.07 Å². The lowest BCUT2D eigenvalue weighted by atomic mass is 9.99. The van der Waals surface area contributed by atoms with E-state index in [2.05, 4.69) is 50.4 Å². The standard InChI is InChI=1S/C30H33N5O2/c1-2-31-30(37)33-24-15-16-26-25(19-24)27(29(36)34-26)28(22-9-5-3-6-10-22)32-23-13-11-21(12-14-23)20-35-17-7-4-8-18-35/h3,5-6,9-16,19,32H,2,4,7-8,17-18,20H2,1H3,(H,34,36)(H2,31,33,37). The summed E-state index contributed by atoms with van der Waals surface area (Å²) in [5.74, 6) is -0.182. The van der Waals surface area contributed by atoms with Crippen molar-refractivity contribution in [3.8, 4) is 0 Å². The van der Waals surface area contributed by atoms with E-state index in [0.29, 0.717) is 23.5 Å². The van der Waals surface area contributed by atoms with Crippen molar-refractivity contribution in [1.29, 1.82) is 0 Å². The number of amides is 3. The molecule has 1 saturated heterocycles. The van der Waals surface area contributed by atoms with E-state index in [1.807, 2.05) is 49.4 Å². The Bertz CT molecular complexity index is 1300. The van der Waals surface area contributed by atoms with Gasteiger partial charge < -0.3 is 21.3 Å². The molecule has 3 aromatic rings. The first-order valence-electron chi connectivity index (χ1n) is 13.0. The highest BCUT2D eigenvalue weighted by molar-refractivity contribution is 6.37. The molecule has 1 fully saturated rings. The van der Waals surface area contributed by atoms with Crippen molar-refractivity contribution in [3.05, 3.63) is 89.5 Å². The molecule has 0 aliphatic carbocycles. The molecule has 7 nitrogen and oxygen atoms in total. The van der Waals surface area contributed by atoms with Crippen molar-refractivity contribution >= 4 is 40.3 Å². The van der Waals surface area contributed by atoms with Gasteiger partial charge in [0, 0.05) is 35.7 Å². The molecule has 2 aliphatic heterocycles. The van der Waals surface area contributed by atoms with Crippen LogP contribution < -0.4 is 21.3 Å². The molecule has 0 bridgehead atoms. The summed E-state index contributed by atoms with van der Waals surface area (Å²) in [4.78, 5) is 27.8. The largest absolute Gasteiger partial charge is 0.354 e. The third-order valence-electron chi connectivity index (χ3n) is 6.75. The second-order valence-corrected chi connectivity index (χ2v) is 9.47. The molecular formula is C30H33N5O2. The van der Waals surface area contributed by atoms with Crippen LogP contribution in [0.15, 0.2) is 72.8 Å². The average molecular weight is 496 g/mol. The van der Waals surface area contributed by atoms with Crippen LogP contribution in [0.3, 0.4) is 0 Å². The molecule has 0 radical (unpaired) electrons. The lowest BCUT2D eigenvalue weighted by molar-refractivity contribution is -0.110. The molecule has 0 saturated carbocycles. The lowest BCUT2D eigenvalue weighted by Crippen LogP contribution is -2.29. The number of nitrogens with zero attached hydrogens (tertiary/aromatic N) is 1. The number of piperidine rings is 1. The van der Waals surface area contributed by atoms with E-state index in [4.69, 9.17) is 0 Å². The highest BCUT2D eigenvalue weighted by Crippen LogP contribution is 2.39. The van der Waals surface area contributed by atoms with E-state index >= 15 is 0 Å². The number of hydrogen-bond acceptors (Lipinski definition) is 4. The molecule has 190 valence electrons. The number of urea groups is 1. The van der Waals surface area contributed by atoms with E-state index in [1.165, 1.54) is 24.8 Å². The Balaban J connectivity index is 1.47. The summed E-state index contributed by atoms with van der Waals surface area (Å²) in [5.41, 5.74) is 6.43. The number of anilines is 3. The Morgan fingerprint density at radius 2 is 1.62 bits per heavy atom. The first-order valence-corrected chi connectivity index (χ1v) is 13.0. The summed E-state index contributed by atoms with van der Waals surface area (Å²) in [5, 5.41) is 12.1. The van der Waals surface area contributed by atoms with Gasteiger partial charge in [-0.1, -0.05) is 48.9 Å². The van der Waals surface area contributed by atoms with Gasteiger partial charge in [0.25, 0.3) is 5.91 Å². The fourth-order valence-corrected chi connectivity index (χ4v) is 4.93. The summed E-state index contributed by atoms with van der Waals surface area (Å²) in [6.45, 7) is 5.68. The van der Waals surface area contributed by atoms with Gasteiger partial charge in [0.05, 0.1) is 11.3 Å². The van der Waals surface area contributed by atoms with Crippen LogP contribution in [0.1, 0.15) is 42.9 Å². The van der Waals surface area contributed by atoms with Crippen molar-refractivity contribution in [2.45, 2.75) is 32.7 Å². The van der Waals surface area contributed by atoms with Crippen LogP contribution >= 0.6 is 0 Å². The number of carbonyl (C=O) groups is 2. The number of fused-ring (bicyclic) bond motifs is 1. The molecule has 37 heavy (non-hydrogen) atoms. The average Bonchev–Trinajstić information content (AvgIpc) is 3.24. The van der Waals surface area contributed by atoms with Gasteiger partial charge in [-0.3, -0.25) is 9.69 Å². The summed E-state index contributed by atoms with van der Waals surface area (Å²) in [6.07, 6.45) is 3.88. The van der Waals surface area contributed by atoms with Gasteiger partial charge >= 0.3 is 6.03 Å². The quantitative estimate of drug-likeness (QED) is 0.315. The number of likely N-dealkylation sites (tertiary alicyclic amines) is 1. The highest BCUT2D eigenvalue weighted by atomic mass is 16.2. The van der Waals surface area contributed by atoms with Gasteiger partial charge in [0.15, 0.2) is 0 Å². The van der Waals surface area contributed by atoms with Gasteiger partial charge in [0.2, 0.25) is 0 Å². The van der Waals surface area contributed by atoms with Gasteiger partial charge in [0.1, 0.15) is 0 Å². The molecule has 5 rings (SSSR count).